The standard InChI is InChI=1S/C18H14F3IO2/c1-2-3-13-14-8-9-23-17(14)15(10-16(13)22)11-4-6-12(7-5-11)24-18(19,20)21/h2-7,10H,8-9H2,1H3/b3-2+. The molecule has 0 bridgehead atoms. The fourth-order valence-corrected chi connectivity index (χ4v) is 3.58. The van der Waals surface area contributed by atoms with Gasteiger partial charge >= 0.3 is 6.36 Å². The normalized spacial score (nSPS) is 13.9. The van der Waals surface area contributed by atoms with Crippen LogP contribution >= 0.6 is 22.6 Å². The van der Waals surface area contributed by atoms with Crippen LogP contribution in [0.4, 0.5) is 13.2 Å². The molecular formula is C18H14F3IO2. The highest BCUT2D eigenvalue weighted by molar-refractivity contribution is 14.1. The van der Waals surface area contributed by atoms with Crippen molar-refractivity contribution in [1.29, 1.82) is 0 Å². The molecule has 1 heterocycles. The highest BCUT2D eigenvalue weighted by atomic mass is 127. The van der Waals surface area contributed by atoms with Crippen molar-refractivity contribution in [3.05, 3.63) is 51.1 Å². The summed E-state index contributed by atoms with van der Waals surface area (Å²) in [5.74, 6) is 0.581. The van der Waals surface area contributed by atoms with Gasteiger partial charge in [0.2, 0.25) is 0 Å². The lowest BCUT2D eigenvalue weighted by molar-refractivity contribution is -0.274. The first-order valence-corrected chi connectivity index (χ1v) is 8.44. The fraction of sp³-hybridized carbons (Fsp3) is 0.222. The number of alkyl halides is 3. The predicted octanol–water partition coefficient (Wildman–Crippen LogP) is 5.82. The Morgan fingerprint density at radius 2 is 1.92 bits per heavy atom. The summed E-state index contributed by atoms with van der Waals surface area (Å²) in [6.45, 7) is 2.58. The Bertz CT molecular complexity index is 780. The second-order valence-corrected chi connectivity index (χ2v) is 6.46. The summed E-state index contributed by atoms with van der Waals surface area (Å²) in [5, 5.41) is 0. The number of benzene rings is 2. The molecular weight excluding hydrogens is 432 g/mol. The number of fused-ring (bicyclic) bond motifs is 1. The maximum atomic E-state index is 12.3. The lowest BCUT2D eigenvalue weighted by atomic mass is 9.96. The minimum Gasteiger partial charge on any atom is -0.492 e. The Labute approximate surface area is 151 Å². The predicted molar refractivity (Wildman–Crippen MR) is 95.2 cm³/mol. The van der Waals surface area contributed by atoms with Gasteiger partial charge in [0.15, 0.2) is 0 Å². The van der Waals surface area contributed by atoms with Crippen LogP contribution in [-0.2, 0) is 6.42 Å². The Kier molecular flexibility index (Phi) is 4.76. The smallest absolute Gasteiger partial charge is 0.492 e. The van der Waals surface area contributed by atoms with Gasteiger partial charge in [-0.1, -0.05) is 24.3 Å². The zero-order valence-corrected chi connectivity index (χ0v) is 14.9. The number of ether oxygens (including phenoxy) is 2. The SMILES string of the molecule is C/C=C/c1c(I)cc(-c2ccc(OC(F)(F)F)cc2)c2c1CCO2. The number of hydrogen-bond donors (Lipinski definition) is 0. The van der Waals surface area contributed by atoms with E-state index in [0.29, 0.717) is 6.61 Å². The quantitative estimate of drug-likeness (QED) is 0.553. The van der Waals surface area contributed by atoms with E-state index in [1.165, 1.54) is 12.1 Å². The van der Waals surface area contributed by atoms with E-state index in [9.17, 15) is 13.2 Å². The minimum absolute atomic E-state index is 0.232. The zero-order valence-electron chi connectivity index (χ0n) is 12.8. The van der Waals surface area contributed by atoms with E-state index >= 15 is 0 Å². The topological polar surface area (TPSA) is 18.5 Å². The van der Waals surface area contributed by atoms with Crippen molar-refractivity contribution >= 4 is 28.7 Å². The van der Waals surface area contributed by atoms with Gasteiger partial charge in [0.1, 0.15) is 11.5 Å². The summed E-state index contributed by atoms with van der Waals surface area (Å²) in [4.78, 5) is 0. The third-order valence-corrected chi connectivity index (χ3v) is 4.60. The molecule has 0 aromatic heterocycles. The Balaban J connectivity index is 2.01. The molecule has 6 heteroatoms. The summed E-state index contributed by atoms with van der Waals surface area (Å²) in [5.41, 5.74) is 3.98. The summed E-state index contributed by atoms with van der Waals surface area (Å²) in [6.07, 6.45) is 0.182. The fourth-order valence-electron chi connectivity index (χ4n) is 2.76. The van der Waals surface area contributed by atoms with E-state index in [2.05, 4.69) is 33.4 Å². The maximum absolute atomic E-state index is 12.3. The van der Waals surface area contributed by atoms with Gasteiger partial charge in [-0.2, -0.15) is 0 Å². The monoisotopic (exact) mass is 446 g/mol. The second-order valence-electron chi connectivity index (χ2n) is 5.30. The van der Waals surface area contributed by atoms with Crippen LogP contribution < -0.4 is 9.47 Å². The molecule has 0 atom stereocenters. The van der Waals surface area contributed by atoms with Crippen LogP contribution in [0.15, 0.2) is 36.4 Å². The first-order valence-electron chi connectivity index (χ1n) is 7.36. The van der Waals surface area contributed by atoms with E-state index < -0.39 is 6.36 Å². The van der Waals surface area contributed by atoms with Gasteiger partial charge in [0.25, 0.3) is 0 Å². The molecule has 2 aromatic carbocycles. The van der Waals surface area contributed by atoms with Crippen molar-refractivity contribution < 1.29 is 22.6 Å². The van der Waals surface area contributed by atoms with Gasteiger partial charge in [0, 0.05) is 21.1 Å². The van der Waals surface area contributed by atoms with E-state index in [0.717, 1.165) is 38.0 Å². The highest BCUT2D eigenvalue weighted by Gasteiger charge is 2.31. The molecule has 24 heavy (non-hydrogen) atoms. The molecule has 0 radical (unpaired) electrons. The van der Waals surface area contributed by atoms with Gasteiger partial charge in [-0.05, 0) is 58.8 Å². The summed E-state index contributed by atoms with van der Waals surface area (Å²) in [6, 6.07) is 7.86. The third kappa shape index (κ3) is 3.53. The van der Waals surface area contributed by atoms with E-state index in [1.54, 1.807) is 12.1 Å². The van der Waals surface area contributed by atoms with Crippen molar-refractivity contribution in [2.45, 2.75) is 19.7 Å². The second kappa shape index (κ2) is 6.66. The Morgan fingerprint density at radius 3 is 2.54 bits per heavy atom. The molecule has 0 saturated carbocycles. The Morgan fingerprint density at radius 1 is 1.21 bits per heavy atom. The van der Waals surface area contributed by atoms with E-state index in [4.69, 9.17) is 4.74 Å². The van der Waals surface area contributed by atoms with Crippen LogP contribution in [0, 0.1) is 3.57 Å². The van der Waals surface area contributed by atoms with Crippen LogP contribution in [0.1, 0.15) is 18.1 Å². The van der Waals surface area contributed by atoms with Crippen LogP contribution in [0.25, 0.3) is 17.2 Å². The number of allylic oxidation sites excluding steroid dienone is 1. The van der Waals surface area contributed by atoms with Crippen LogP contribution in [0.5, 0.6) is 11.5 Å². The maximum Gasteiger partial charge on any atom is 0.573 e. The van der Waals surface area contributed by atoms with E-state index in [-0.39, 0.29) is 5.75 Å². The Hall–Kier alpha value is -1.70. The molecule has 3 rings (SSSR count). The largest absolute Gasteiger partial charge is 0.573 e. The van der Waals surface area contributed by atoms with Crippen molar-refractivity contribution in [3.8, 4) is 22.6 Å². The van der Waals surface area contributed by atoms with Crippen molar-refractivity contribution in [2.24, 2.45) is 0 Å². The van der Waals surface area contributed by atoms with Gasteiger partial charge in [-0.25, -0.2) is 0 Å². The first-order chi connectivity index (χ1) is 11.4. The molecule has 0 saturated heterocycles. The lowest BCUT2D eigenvalue weighted by Gasteiger charge is -2.14. The molecule has 0 amide bonds. The molecule has 126 valence electrons. The van der Waals surface area contributed by atoms with Crippen LogP contribution in [-0.4, -0.2) is 13.0 Å². The molecule has 1 aliphatic rings. The molecule has 2 aromatic rings. The van der Waals surface area contributed by atoms with Gasteiger partial charge < -0.3 is 9.47 Å². The van der Waals surface area contributed by atoms with E-state index in [1.807, 2.05) is 19.1 Å². The van der Waals surface area contributed by atoms with Crippen LogP contribution in [0.2, 0.25) is 0 Å². The lowest BCUT2D eigenvalue weighted by Crippen LogP contribution is -2.16. The average Bonchev–Trinajstić information content (AvgIpc) is 2.98. The molecule has 1 aliphatic heterocycles. The zero-order chi connectivity index (χ0) is 17.3. The highest BCUT2D eigenvalue weighted by Crippen LogP contribution is 2.42. The average molecular weight is 446 g/mol. The molecule has 0 unspecified atom stereocenters. The van der Waals surface area contributed by atoms with Gasteiger partial charge in [-0.15, -0.1) is 13.2 Å². The molecule has 0 fully saturated rings. The molecule has 0 spiro atoms. The summed E-state index contributed by atoms with van der Waals surface area (Å²) in [7, 11) is 0. The van der Waals surface area contributed by atoms with Crippen molar-refractivity contribution in [3.63, 3.8) is 0 Å². The third-order valence-electron chi connectivity index (χ3n) is 3.70. The van der Waals surface area contributed by atoms with Crippen molar-refractivity contribution in [2.75, 3.05) is 6.61 Å². The molecule has 0 aliphatic carbocycles. The molecule has 0 N–H and O–H groups in total. The first kappa shape index (κ1) is 17.1. The number of hydrogen-bond acceptors (Lipinski definition) is 2. The van der Waals surface area contributed by atoms with Crippen LogP contribution in [0.3, 0.4) is 0 Å². The number of rotatable bonds is 3. The number of halogens is 4. The van der Waals surface area contributed by atoms with Crippen molar-refractivity contribution in [1.82, 2.24) is 0 Å². The minimum atomic E-state index is -4.69. The summed E-state index contributed by atoms with van der Waals surface area (Å²) >= 11 is 2.27. The van der Waals surface area contributed by atoms with Gasteiger partial charge in [0.05, 0.1) is 6.61 Å². The molecule has 2 nitrogen and oxygen atoms in total. The summed E-state index contributed by atoms with van der Waals surface area (Å²) < 4.78 is 47.6. The van der Waals surface area contributed by atoms with Gasteiger partial charge in [-0.3, -0.25) is 0 Å².